The molecular formula is C34H32F3N3O2. The summed E-state index contributed by atoms with van der Waals surface area (Å²) in [5, 5.41) is 9.75. The molecule has 8 heteroatoms. The molecule has 3 N–H and O–H groups in total. The fraction of sp³-hybridized carbons (Fsp3) is 0.265. The number of benzene rings is 4. The lowest BCUT2D eigenvalue weighted by atomic mass is 9.82. The molecule has 4 aromatic carbocycles. The number of halogens is 3. The molecular weight excluding hydrogens is 539 g/mol. The SMILES string of the molecule is CC(=O)CCc1ccc(Oc2cc(C(C)(C)C)cc3cc4c(c(-c5cc(C)cc(C(F)(F)F)c5)c23)C(N)=NC4=N)cc1. The van der Waals surface area contributed by atoms with E-state index in [0.29, 0.717) is 62.9 Å². The van der Waals surface area contributed by atoms with Gasteiger partial charge < -0.3 is 15.3 Å². The average Bonchev–Trinajstić information content (AvgIpc) is 3.18. The summed E-state index contributed by atoms with van der Waals surface area (Å²) in [6, 6.07) is 17.0. The number of nitrogens with zero attached hydrogens (tertiary/aromatic N) is 1. The molecule has 216 valence electrons. The Bertz CT molecular complexity index is 1780. The number of alkyl halides is 3. The van der Waals surface area contributed by atoms with Crippen LogP contribution in [-0.4, -0.2) is 17.5 Å². The highest BCUT2D eigenvalue weighted by molar-refractivity contribution is 6.27. The van der Waals surface area contributed by atoms with Crippen molar-refractivity contribution in [2.24, 2.45) is 10.7 Å². The normalized spacial score (nSPS) is 13.3. The van der Waals surface area contributed by atoms with Gasteiger partial charge in [-0.25, -0.2) is 4.99 Å². The molecule has 1 heterocycles. The van der Waals surface area contributed by atoms with Crippen LogP contribution in [0.15, 0.2) is 65.7 Å². The number of aryl methyl sites for hydroxylation is 2. The van der Waals surface area contributed by atoms with Gasteiger partial charge >= 0.3 is 6.18 Å². The highest BCUT2D eigenvalue weighted by Gasteiger charge is 2.33. The third-order valence-electron chi connectivity index (χ3n) is 7.42. The number of ether oxygens (including phenoxy) is 1. The van der Waals surface area contributed by atoms with Gasteiger partial charge in [0.05, 0.1) is 5.56 Å². The molecule has 0 unspecified atom stereocenters. The van der Waals surface area contributed by atoms with Crippen molar-refractivity contribution in [1.82, 2.24) is 0 Å². The zero-order chi connectivity index (χ0) is 30.6. The zero-order valence-electron chi connectivity index (χ0n) is 24.2. The highest BCUT2D eigenvalue weighted by Crippen LogP contribution is 2.46. The van der Waals surface area contributed by atoms with Crippen molar-refractivity contribution in [3.8, 4) is 22.6 Å². The number of carbonyl (C=O) groups excluding carboxylic acids is 1. The van der Waals surface area contributed by atoms with E-state index in [1.54, 1.807) is 19.9 Å². The molecule has 0 amide bonds. The van der Waals surface area contributed by atoms with Gasteiger partial charge in [0.15, 0.2) is 5.84 Å². The Kier molecular flexibility index (Phi) is 7.21. The van der Waals surface area contributed by atoms with E-state index < -0.39 is 11.7 Å². The third-order valence-corrected chi connectivity index (χ3v) is 7.42. The Balaban J connectivity index is 1.80. The predicted octanol–water partition coefficient (Wildman–Crippen LogP) is 8.49. The molecule has 0 radical (unpaired) electrons. The number of hydrogen-bond donors (Lipinski definition) is 2. The number of aliphatic imine (C=N–C) groups is 1. The smallest absolute Gasteiger partial charge is 0.416 e. The summed E-state index contributed by atoms with van der Waals surface area (Å²) < 4.78 is 48.3. The van der Waals surface area contributed by atoms with Crippen molar-refractivity contribution in [2.45, 2.75) is 59.1 Å². The summed E-state index contributed by atoms with van der Waals surface area (Å²) >= 11 is 0. The first-order chi connectivity index (χ1) is 19.6. The van der Waals surface area contributed by atoms with E-state index in [2.05, 4.69) is 25.8 Å². The van der Waals surface area contributed by atoms with Gasteiger partial charge in [0.2, 0.25) is 0 Å². The summed E-state index contributed by atoms with van der Waals surface area (Å²) in [6.07, 6.45) is -3.49. The molecule has 0 spiro atoms. The van der Waals surface area contributed by atoms with E-state index in [4.69, 9.17) is 15.9 Å². The van der Waals surface area contributed by atoms with Crippen molar-refractivity contribution in [1.29, 1.82) is 5.41 Å². The third kappa shape index (κ3) is 5.66. The van der Waals surface area contributed by atoms with Crippen LogP contribution in [0.4, 0.5) is 13.2 Å². The van der Waals surface area contributed by atoms with Crippen molar-refractivity contribution in [3.63, 3.8) is 0 Å². The van der Waals surface area contributed by atoms with Gasteiger partial charge in [-0.15, -0.1) is 0 Å². The lowest BCUT2D eigenvalue weighted by Crippen LogP contribution is -2.14. The van der Waals surface area contributed by atoms with Crippen molar-refractivity contribution < 1.29 is 22.7 Å². The molecule has 0 saturated heterocycles. The monoisotopic (exact) mass is 571 g/mol. The lowest BCUT2D eigenvalue weighted by molar-refractivity contribution is -0.137. The quantitative estimate of drug-likeness (QED) is 0.243. The second kappa shape index (κ2) is 10.4. The Morgan fingerprint density at radius 1 is 0.952 bits per heavy atom. The van der Waals surface area contributed by atoms with Gasteiger partial charge in [0.1, 0.15) is 23.1 Å². The number of carbonyl (C=O) groups is 1. The predicted molar refractivity (Wildman–Crippen MR) is 161 cm³/mol. The van der Waals surface area contributed by atoms with Crippen LogP contribution < -0.4 is 10.5 Å². The molecule has 1 aliphatic heterocycles. The van der Waals surface area contributed by atoms with Gasteiger partial charge in [0, 0.05) is 28.5 Å². The molecule has 1 aliphatic rings. The number of rotatable bonds is 6. The van der Waals surface area contributed by atoms with Crippen molar-refractivity contribution in [3.05, 3.63) is 94.0 Å². The number of nitrogens with one attached hydrogen (secondary N) is 1. The fourth-order valence-corrected chi connectivity index (χ4v) is 5.26. The van der Waals surface area contributed by atoms with Crippen LogP contribution in [0.25, 0.3) is 21.9 Å². The van der Waals surface area contributed by atoms with Gasteiger partial charge in [-0.1, -0.05) is 45.0 Å². The first kappa shape index (κ1) is 29.0. The minimum Gasteiger partial charge on any atom is -0.457 e. The Hall–Kier alpha value is -4.46. The Labute approximate surface area is 242 Å². The molecule has 0 atom stereocenters. The van der Waals surface area contributed by atoms with E-state index in [-0.39, 0.29) is 22.9 Å². The van der Waals surface area contributed by atoms with E-state index in [1.807, 2.05) is 42.5 Å². The maximum atomic E-state index is 13.9. The number of Topliss-reactive ketones (excluding diaryl/α,β-unsaturated/α-hetero) is 1. The maximum Gasteiger partial charge on any atom is 0.416 e. The van der Waals surface area contributed by atoms with E-state index in [1.165, 1.54) is 0 Å². The Morgan fingerprint density at radius 2 is 1.64 bits per heavy atom. The number of amidine groups is 2. The summed E-state index contributed by atoms with van der Waals surface area (Å²) in [7, 11) is 0. The molecule has 5 nitrogen and oxygen atoms in total. The number of nitrogens with two attached hydrogens (primary N) is 1. The molecule has 4 aromatic rings. The van der Waals surface area contributed by atoms with Gasteiger partial charge in [-0.2, -0.15) is 13.2 Å². The molecule has 0 aromatic heterocycles. The minimum absolute atomic E-state index is 0.0425. The topological polar surface area (TPSA) is 88.5 Å². The van der Waals surface area contributed by atoms with E-state index in [0.717, 1.165) is 23.3 Å². The van der Waals surface area contributed by atoms with Crippen LogP contribution in [0, 0.1) is 12.3 Å². The second-order valence-corrected chi connectivity index (χ2v) is 11.9. The van der Waals surface area contributed by atoms with Crippen molar-refractivity contribution >= 4 is 28.2 Å². The molecule has 0 fully saturated rings. The first-order valence-corrected chi connectivity index (χ1v) is 13.7. The maximum absolute atomic E-state index is 13.9. The molecule has 5 rings (SSSR count). The molecule has 0 saturated carbocycles. The summed E-state index contributed by atoms with van der Waals surface area (Å²) in [4.78, 5) is 15.6. The van der Waals surface area contributed by atoms with Crippen LogP contribution in [0.2, 0.25) is 0 Å². The van der Waals surface area contributed by atoms with Gasteiger partial charge in [-0.3, -0.25) is 5.41 Å². The van der Waals surface area contributed by atoms with Crippen molar-refractivity contribution in [2.75, 3.05) is 0 Å². The Morgan fingerprint density at radius 3 is 2.26 bits per heavy atom. The highest BCUT2D eigenvalue weighted by atomic mass is 19.4. The summed E-state index contributed by atoms with van der Waals surface area (Å²) in [5.74, 6) is 1.13. The van der Waals surface area contributed by atoms with Crippen LogP contribution in [0.5, 0.6) is 11.5 Å². The summed E-state index contributed by atoms with van der Waals surface area (Å²) in [5.41, 5.74) is 9.26. The zero-order valence-corrected chi connectivity index (χ0v) is 24.2. The lowest BCUT2D eigenvalue weighted by Gasteiger charge is -2.24. The molecule has 0 bridgehead atoms. The van der Waals surface area contributed by atoms with Crippen LogP contribution in [0.1, 0.15) is 67.5 Å². The van der Waals surface area contributed by atoms with Crippen LogP contribution in [0.3, 0.4) is 0 Å². The largest absolute Gasteiger partial charge is 0.457 e. The first-order valence-electron chi connectivity index (χ1n) is 13.7. The molecule has 0 aliphatic carbocycles. The molecule has 42 heavy (non-hydrogen) atoms. The minimum atomic E-state index is -4.55. The summed E-state index contributed by atoms with van der Waals surface area (Å²) in [6.45, 7) is 9.37. The van der Waals surface area contributed by atoms with E-state index >= 15 is 0 Å². The second-order valence-electron chi connectivity index (χ2n) is 11.9. The average molecular weight is 572 g/mol. The van der Waals surface area contributed by atoms with Gasteiger partial charge in [-0.05, 0) is 89.7 Å². The number of ketones is 1. The van der Waals surface area contributed by atoms with Crippen LogP contribution in [-0.2, 0) is 22.8 Å². The van der Waals surface area contributed by atoms with Gasteiger partial charge in [0.25, 0.3) is 0 Å². The fourth-order valence-electron chi connectivity index (χ4n) is 5.26. The number of fused-ring (bicyclic) bond motifs is 2. The number of hydrogen-bond acceptors (Lipinski definition) is 4. The van der Waals surface area contributed by atoms with Crippen LogP contribution >= 0.6 is 0 Å². The standard InChI is InChI=1S/C34H32F3N3O2/c1-18-12-21(15-24(13-18)34(35,36)37)29-28-22(16-26-30(29)32(39)40-31(26)38)14-23(33(3,4)5)17-27(28)42-25-10-8-20(9-11-25)7-6-19(2)41/h8-17H,6-7H2,1-5H3,(H3,38,39,40). The van der Waals surface area contributed by atoms with E-state index in [9.17, 15) is 18.0 Å².